The molecule has 11 rings (SSSR count). The minimum Gasteiger partial charge on any atom is -0.504 e. The van der Waals surface area contributed by atoms with E-state index in [0.717, 1.165) is 48.6 Å². The molecular formula is C46H27NO9. The molecule has 0 aliphatic heterocycles. The molecule has 11 aromatic rings. The van der Waals surface area contributed by atoms with Crippen molar-refractivity contribution in [3.8, 4) is 68.2 Å². The van der Waals surface area contributed by atoms with Crippen LogP contribution in [0.25, 0.3) is 109 Å². The van der Waals surface area contributed by atoms with Crippen molar-refractivity contribution in [1.29, 1.82) is 0 Å². The van der Waals surface area contributed by atoms with Crippen molar-refractivity contribution in [2.45, 2.75) is 0 Å². The van der Waals surface area contributed by atoms with Crippen LogP contribution in [0.1, 0.15) is 0 Å². The minimum absolute atomic E-state index is 0.0355. The van der Waals surface area contributed by atoms with Crippen molar-refractivity contribution in [1.82, 2.24) is 4.98 Å². The van der Waals surface area contributed by atoms with Gasteiger partial charge in [0.05, 0.1) is 0 Å². The Morgan fingerprint density at radius 1 is 0.339 bits per heavy atom. The van der Waals surface area contributed by atoms with Crippen LogP contribution in [0, 0.1) is 0 Å². The maximum Gasteiger partial charge on any atom is 0.204 e. The molecule has 0 aliphatic carbocycles. The third-order valence-corrected chi connectivity index (χ3v) is 11.2. The van der Waals surface area contributed by atoms with E-state index in [1.165, 1.54) is 0 Å². The number of aromatic amines is 1. The third kappa shape index (κ3) is 3.93. The molecule has 0 spiro atoms. The van der Waals surface area contributed by atoms with Crippen molar-refractivity contribution in [3.63, 3.8) is 0 Å². The molecule has 2 aromatic heterocycles. The topological polar surface area (TPSA) is 191 Å². The maximum atomic E-state index is 11.7. The van der Waals surface area contributed by atoms with Gasteiger partial charge in [-0.3, -0.25) is 0 Å². The number of aromatic hydroxyl groups is 8. The predicted molar refractivity (Wildman–Crippen MR) is 217 cm³/mol. The first kappa shape index (κ1) is 31.5. The SMILES string of the molecule is Oc1c(O)c(O)c2c(-c3ccc4c(c3)oc3ccc5ccccc5c34)c3c(O)c(O)c(O)c(O)c3c(-c3ccc4c(c3)[nH]c3ccc5ccccc5c34)c2c1O. The van der Waals surface area contributed by atoms with Gasteiger partial charge in [-0.15, -0.1) is 0 Å². The number of phenols is 8. The number of furan rings is 1. The second-order valence-corrected chi connectivity index (χ2v) is 14.1. The Bertz CT molecular complexity index is 3260. The Balaban J connectivity index is 1.30. The van der Waals surface area contributed by atoms with Gasteiger partial charge in [0.2, 0.25) is 23.0 Å². The standard InChI is InChI=1S/C46H27NO9/c48-39-35-31(21-9-13-25-28(17-21)47-27-15-11-19-5-1-3-7-23(19)33(25)27)36-38(42(51)46(55)44(53)40(36)49)32(37(35)41(50)45(54)43(39)52)22-10-14-26-30(18-22)56-29-16-12-20-6-2-4-8-24(20)34(26)29/h1-18,47-55H. The highest BCUT2D eigenvalue weighted by atomic mass is 16.4. The van der Waals surface area contributed by atoms with Gasteiger partial charge in [0, 0.05) is 65.3 Å². The van der Waals surface area contributed by atoms with E-state index in [9.17, 15) is 40.9 Å². The predicted octanol–water partition coefficient (Wildman–Crippen LogP) is 10.8. The number of phenolic OH excluding ortho intramolecular Hbond substituents is 8. The number of benzene rings is 9. The first-order valence-electron chi connectivity index (χ1n) is 17.6. The van der Waals surface area contributed by atoms with Gasteiger partial charge in [-0.05, 0) is 63.0 Å². The highest BCUT2D eigenvalue weighted by molar-refractivity contribution is 6.30. The molecule has 0 atom stereocenters. The Hall–Kier alpha value is -7.98. The zero-order chi connectivity index (χ0) is 38.3. The molecule has 0 saturated heterocycles. The summed E-state index contributed by atoms with van der Waals surface area (Å²) in [6.45, 7) is 0. The monoisotopic (exact) mass is 737 g/mol. The maximum absolute atomic E-state index is 11.7. The molecule has 0 fully saturated rings. The molecule has 9 N–H and O–H groups in total. The summed E-state index contributed by atoms with van der Waals surface area (Å²) in [7, 11) is 0. The molecule has 0 saturated carbocycles. The molecule has 0 amide bonds. The lowest BCUT2D eigenvalue weighted by Gasteiger charge is -2.22. The van der Waals surface area contributed by atoms with Crippen LogP contribution in [-0.2, 0) is 0 Å². The van der Waals surface area contributed by atoms with Crippen molar-refractivity contribution >= 4 is 86.8 Å². The summed E-state index contributed by atoms with van der Waals surface area (Å²) in [5, 5.41) is 97.5. The van der Waals surface area contributed by atoms with Crippen LogP contribution < -0.4 is 0 Å². The van der Waals surface area contributed by atoms with Gasteiger partial charge >= 0.3 is 0 Å². The van der Waals surface area contributed by atoms with Gasteiger partial charge in [0.15, 0.2) is 23.0 Å². The first-order valence-corrected chi connectivity index (χ1v) is 17.6. The van der Waals surface area contributed by atoms with Crippen molar-refractivity contribution in [2.75, 3.05) is 0 Å². The summed E-state index contributed by atoms with van der Waals surface area (Å²) < 4.78 is 6.32. The lowest BCUT2D eigenvalue weighted by molar-refractivity contribution is 0.350. The zero-order valence-corrected chi connectivity index (χ0v) is 28.9. The smallest absolute Gasteiger partial charge is 0.204 e. The molecular weight excluding hydrogens is 711 g/mol. The number of hydrogen-bond donors (Lipinski definition) is 9. The number of H-pyrrole nitrogens is 1. The fourth-order valence-corrected chi connectivity index (χ4v) is 8.73. The number of fused-ring (bicyclic) bond motifs is 12. The van der Waals surface area contributed by atoms with Crippen molar-refractivity contribution in [3.05, 3.63) is 109 Å². The van der Waals surface area contributed by atoms with E-state index < -0.39 is 46.0 Å². The van der Waals surface area contributed by atoms with E-state index >= 15 is 0 Å². The minimum atomic E-state index is -1.04. The summed E-state index contributed by atoms with van der Waals surface area (Å²) in [4.78, 5) is 3.43. The second kappa shape index (κ2) is 10.8. The van der Waals surface area contributed by atoms with E-state index in [-0.39, 0.29) is 38.2 Å². The molecule has 0 unspecified atom stereocenters. The number of aromatic nitrogens is 1. The Labute approximate surface area is 313 Å². The van der Waals surface area contributed by atoms with Gasteiger partial charge in [0.25, 0.3) is 0 Å². The van der Waals surface area contributed by atoms with Crippen molar-refractivity contribution in [2.24, 2.45) is 0 Å². The second-order valence-electron chi connectivity index (χ2n) is 14.1. The molecule has 10 nitrogen and oxygen atoms in total. The lowest BCUT2D eigenvalue weighted by atomic mass is 9.83. The van der Waals surface area contributed by atoms with E-state index in [4.69, 9.17) is 4.42 Å². The Morgan fingerprint density at radius 2 is 0.821 bits per heavy atom. The van der Waals surface area contributed by atoms with Crippen LogP contribution in [0.5, 0.6) is 46.0 Å². The molecule has 56 heavy (non-hydrogen) atoms. The molecule has 9 aromatic carbocycles. The molecule has 270 valence electrons. The fraction of sp³-hybridized carbons (Fsp3) is 0. The highest BCUT2D eigenvalue weighted by Crippen LogP contribution is 2.62. The van der Waals surface area contributed by atoms with E-state index in [2.05, 4.69) is 4.98 Å². The van der Waals surface area contributed by atoms with Gasteiger partial charge < -0.3 is 50.3 Å². The average molecular weight is 738 g/mol. The fourth-order valence-electron chi connectivity index (χ4n) is 8.73. The lowest BCUT2D eigenvalue weighted by Crippen LogP contribution is -1.94. The van der Waals surface area contributed by atoms with E-state index in [1.54, 1.807) is 30.3 Å². The molecule has 0 bridgehead atoms. The first-order chi connectivity index (χ1) is 27.1. The molecule has 2 heterocycles. The third-order valence-electron chi connectivity index (χ3n) is 11.2. The normalized spacial score (nSPS) is 12.1. The number of nitrogens with one attached hydrogen (secondary N) is 1. The van der Waals surface area contributed by atoms with E-state index in [1.807, 2.05) is 78.9 Å². The number of rotatable bonds is 2. The van der Waals surface area contributed by atoms with Gasteiger partial charge in [-0.1, -0.05) is 78.9 Å². The molecule has 0 radical (unpaired) electrons. The van der Waals surface area contributed by atoms with Crippen LogP contribution >= 0.6 is 0 Å². The van der Waals surface area contributed by atoms with Gasteiger partial charge in [-0.25, -0.2) is 0 Å². The van der Waals surface area contributed by atoms with Crippen molar-refractivity contribution < 1.29 is 45.3 Å². The summed E-state index contributed by atoms with van der Waals surface area (Å²) in [6, 6.07) is 34.0. The van der Waals surface area contributed by atoms with Crippen LogP contribution in [0.15, 0.2) is 114 Å². The van der Waals surface area contributed by atoms with E-state index in [0.29, 0.717) is 22.2 Å². The highest BCUT2D eigenvalue weighted by Gasteiger charge is 2.32. The zero-order valence-electron chi connectivity index (χ0n) is 28.9. The number of hydrogen-bond acceptors (Lipinski definition) is 9. The average Bonchev–Trinajstić information content (AvgIpc) is 3.80. The van der Waals surface area contributed by atoms with Crippen LogP contribution in [0.3, 0.4) is 0 Å². The quantitative estimate of drug-likeness (QED) is 0.0472. The van der Waals surface area contributed by atoms with Crippen LogP contribution in [0.4, 0.5) is 0 Å². The van der Waals surface area contributed by atoms with Gasteiger partial charge in [-0.2, -0.15) is 0 Å². The largest absolute Gasteiger partial charge is 0.504 e. The van der Waals surface area contributed by atoms with Crippen LogP contribution in [0.2, 0.25) is 0 Å². The van der Waals surface area contributed by atoms with Crippen LogP contribution in [-0.4, -0.2) is 45.8 Å². The summed E-state index contributed by atoms with van der Waals surface area (Å²) >= 11 is 0. The van der Waals surface area contributed by atoms with Gasteiger partial charge in [0.1, 0.15) is 11.2 Å². The summed E-state index contributed by atoms with van der Waals surface area (Å²) in [5.74, 6) is -7.55. The summed E-state index contributed by atoms with van der Waals surface area (Å²) in [5.41, 5.74) is 3.00. The molecule has 10 heteroatoms. The summed E-state index contributed by atoms with van der Waals surface area (Å²) in [6.07, 6.45) is 0. The molecule has 0 aliphatic rings. The Morgan fingerprint density at radius 3 is 1.39 bits per heavy atom. The Kier molecular flexibility index (Phi) is 6.08.